The van der Waals surface area contributed by atoms with Gasteiger partial charge in [0.05, 0.1) is 20.3 Å². The van der Waals surface area contributed by atoms with E-state index in [1.165, 1.54) is 0 Å². The normalized spacial score (nSPS) is 15.6. The zero-order valence-corrected chi connectivity index (χ0v) is 10.8. The molecule has 0 N–H and O–H groups in total. The molecule has 0 saturated carbocycles. The maximum absolute atomic E-state index is 5.48. The fraction of sp³-hybridized carbons (Fsp3) is 0.250. The molecule has 2 aromatic rings. The number of para-hydroxylation sites is 1. The van der Waals surface area contributed by atoms with Gasteiger partial charge in [-0.05, 0) is 11.6 Å². The molecule has 1 saturated heterocycles. The SMILES string of the molecule is COc1ccccc1-c1ccc(C2OCCO2)cc1. The first kappa shape index (κ1) is 12.2. The fourth-order valence-corrected chi connectivity index (χ4v) is 2.25. The molecule has 0 spiro atoms. The zero-order chi connectivity index (χ0) is 13.1. The Kier molecular flexibility index (Phi) is 3.49. The van der Waals surface area contributed by atoms with Crippen LogP contribution >= 0.6 is 0 Å². The Bertz CT molecular complexity index is 542. The van der Waals surface area contributed by atoms with E-state index in [1.54, 1.807) is 7.11 Å². The summed E-state index contributed by atoms with van der Waals surface area (Å²) in [5.74, 6) is 0.878. The smallest absolute Gasteiger partial charge is 0.184 e. The van der Waals surface area contributed by atoms with Crippen molar-refractivity contribution in [3.05, 3.63) is 54.1 Å². The van der Waals surface area contributed by atoms with E-state index in [2.05, 4.69) is 18.2 Å². The van der Waals surface area contributed by atoms with Crippen LogP contribution in [0.5, 0.6) is 5.75 Å². The van der Waals surface area contributed by atoms with Crippen molar-refractivity contribution in [1.29, 1.82) is 0 Å². The minimum absolute atomic E-state index is 0.216. The maximum Gasteiger partial charge on any atom is 0.184 e. The van der Waals surface area contributed by atoms with Crippen molar-refractivity contribution in [3.63, 3.8) is 0 Å². The van der Waals surface area contributed by atoms with Crippen LogP contribution in [0, 0.1) is 0 Å². The molecule has 2 aromatic carbocycles. The van der Waals surface area contributed by atoms with E-state index in [0.29, 0.717) is 13.2 Å². The molecule has 3 rings (SSSR count). The topological polar surface area (TPSA) is 27.7 Å². The maximum atomic E-state index is 5.48. The summed E-state index contributed by atoms with van der Waals surface area (Å²) in [7, 11) is 1.69. The minimum atomic E-state index is -0.216. The Morgan fingerprint density at radius 1 is 0.947 bits per heavy atom. The summed E-state index contributed by atoms with van der Waals surface area (Å²) in [5.41, 5.74) is 3.26. The van der Waals surface area contributed by atoms with Crippen molar-refractivity contribution in [2.45, 2.75) is 6.29 Å². The summed E-state index contributed by atoms with van der Waals surface area (Å²) >= 11 is 0. The second-order valence-corrected chi connectivity index (χ2v) is 4.40. The van der Waals surface area contributed by atoms with E-state index in [9.17, 15) is 0 Å². The highest BCUT2D eigenvalue weighted by molar-refractivity contribution is 5.70. The second kappa shape index (κ2) is 5.43. The zero-order valence-electron chi connectivity index (χ0n) is 10.8. The van der Waals surface area contributed by atoms with Crippen LogP contribution in [0.4, 0.5) is 0 Å². The van der Waals surface area contributed by atoms with E-state index in [4.69, 9.17) is 14.2 Å². The predicted octanol–water partition coefficient (Wildman–Crippen LogP) is 3.41. The van der Waals surface area contributed by atoms with Crippen LogP contribution in [-0.2, 0) is 9.47 Å². The van der Waals surface area contributed by atoms with Crippen molar-refractivity contribution in [2.24, 2.45) is 0 Å². The quantitative estimate of drug-likeness (QED) is 0.842. The summed E-state index contributed by atoms with van der Waals surface area (Å²) < 4.78 is 16.3. The fourth-order valence-electron chi connectivity index (χ4n) is 2.25. The molecule has 1 aliphatic rings. The van der Waals surface area contributed by atoms with Gasteiger partial charge in [-0.25, -0.2) is 0 Å². The largest absolute Gasteiger partial charge is 0.496 e. The number of hydrogen-bond donors (Lipinski definition) is 0. The number of ether oxygens (including phenoxy) is 3. The highest BCUT2D eigenvalue weighted by Gasteiger charge is 2.18. The third-order valence-corrected chi connectivity index (χ3v) is 3.22. The van der Waals surface area contributed by atoms with Gasteiger partial charge in [-0.3, -0.25) is 0 Å². The molecule has 0 aliphatic carbocycles. The van der Waals surface area contributed by atoms with Gasteiger partial charge in [-0.15, -0.1) is 0 Å². The summed E-state index contributed by atoms with van der Waals surface area (Å²) in [6, 6.07) is 16.2. The molecule has 0 amide bonds. The van der Waals surface area contributed by atoms with E-state index in [-0.39, 0.29) is 6.29 Å². The lowest BCUT2D eigenvalue weighted by atomic mass is 10.0. The highest BCUT2D eigenvalue weighted by Crippen LogP contribution is 2.31. The van der Waals surface area contributed by atoms with Crippen LogP contribution in [0.3, 0.4) is 0 Å². The molecule has 3 heteroatoms. The molecule has 0 bridgehead atoms. The number of methoxy groups -OCH3 is 1. The molecule has 98 valence electrons. The van der Waals surface area contributed by atoms with Crippen molar-refractivity contribution in [2.75, 3.05) is 20.3 Å². The number of benzene rings is 2. The Labute approximate surface area is 112 Å². The van der Waals surface area contributed by atoms with Crippen LogP contribution in [0.25, 0.3) is 11.1 Å². The minimum Gasteiger partial charge on any atom is -0.496 e. The van der Waals surface area contributed by atoms with Crippen molar-refractivity contribution in [1.82, 2.24) is 0 Å². The van der Waals surface area contributed by atoms with Gasteiger partial charge in [0.2, 0.25) is 0 Å². The molecule has 0 radical (unpaired) electrons. The average molecular weight is 256 g/mol. The predicted molar refractivity (Wildman–Crippen MR) is 73.1 cm³/mol. The van der Waals surface area contributed by atoms with Gasteiger partial charge in [0.1, 0.15) is 5.75 Å². The second-order valence-electron chi connectivity index (χ2n) is 4.40. The molecule has 3 nitrogen and oxygen atoms in total. The molecule has 1 fully saturated rings. The van der Waals surface area contributed by atoms with Gasteiger partial charge >= 0.3 is 0 Å². The molecule has 1 aliphatic heterocycles. The van der Waals surface area contributed by atoms with Crippen LogP contribution in [-0.4, -0.2) is 20.3 Å². The first-order valence-corrected chi connectivity index (χ1v) is 6.35. The number of rotatable bonds is 3. The van der Waals surface area contributed by atoms with E-state index in [1.807, 2.05) is 30.3 Å². The summed E-state index contributed by atoms with van der Waals surface area (Å²) in [4.78, 5) is 0. The van der Waals surface area contributed by atoms with Crippen LogP contribution in [0.15, 0.2) is 48.5 Å². The van der Waals surface area contributed by atoms with Gasteiger partial charge < -0.3 is 14.2 Å². The Balaban J connectivity index is 1.89. The van der Waals surface area contributed by atoms with Crippen LogP contribution in [0.1, 0.15) is 11.9 Å². The third-order valence-electron chi connectivity index (χ3n) is 3.22. The Morgan fingerprint density at radius 3 is 2.32 bits per heavy atom. The van der Waals surface area contributed by atoms with E-state index < -0.39 is 0 Å². The lowest BCUT2D eigenvalue weighted by molar-refractivity contribution is -0.0441. The van der Waals surface area contributed by atoms with Gasteiger partial charge in [0.15, 0.2) is 6.29 Å². The lowest BCUT2D eigenvalue weighted by Crippen LogP contribution is -1.97. The lowest BCUT2D eigenvalue weighted by Gasteiger charge is -2.11. The van der Waals surface area contributed by atoms with Crippen molar-refractivity contribution < 1.29 is 14.2 Å². The van der Waals surface area contributed by atoms with E-state index >= 15 is 0 Å². The summed E-state index contributed by atoms with van der Waals surface area (Å²) in [6.45, 7) is 1.33. The van der Waals surface area contributed by atoms with Gasteiger partial charge in [0, 0.05) is 11.1 Å². The first-order valence-electron chi connectivity index (χ1n) is 6.35. The highest BCUT2D eigenvalue weighted by atomic mass is 16.7. The first-order chi connectivity index (χ1) is 9.38. The molecule has 19 heavy (non-hydrogen) atoms. The molecular formula is C16H16O3. The van der Waals surface area contributed by atoms with Crippen molar-refractivity contribution >= 4 is 0 Å². The monoisotopic (exact) mass is 256 g/mol. The third kappa shape index (κ3) is 2.48. The molecule has 0 unspecified atom stereocenters. The van der Waals surface area contributed by atoms with Gasteiger partial charge in [-0.1, -0.05) is 42.5 Å². The average Bonchev–Trinajstić information content (AvgIpc) is 3.02. The molecule has 0 aromatic heterocycles. The molecule has 1 heterocycles. The summed E-state index contributed by atoms with van der Waals surface area (Å²) in [5, 5.41) is 0. The number of hydrogen-bond acceptors (Lipinski definition) is 3. The van der Waals surface area contributed by atoms with Gasteiger partial charge in [-0.2, -0.15) is 0 Å². The molecule has 0 atom stereocenters. The van der Waals surface area contributed by atoms with Crippen LogP contribution in [0.2, 0.25) is 0 Å². The van der Waals surface area contributed by atoms with Gasteiger partial charge in [0.25, 0.3) is 0 Å². The Morgan fingerprint density at radius 2 is 1.63 bits per heavy atom. The van der Waals surface area contributed by atoms with Crippen LogP contribution < -0.4 is 4.74 Å². The van der Waals surface area contributed by atoms with E-state index in [0.717, 1.165) is 22.4 Å². The van der Waals surface area contributed by atoms with Crippen molar-refractivity contribution in [3.8, 4) is 16.9 Å². The Hall–Kier alpha value is -1.84. The summed E-state index contributed by atoms with van der Waals surface area (Å²) in [6.07, 6.45) is -0.216. The standard InChI is InChI=1S/C16H16O3/c1-17-15-5-3-2-4-14(15)12-6-8-13(9-7-12)16-18-10-11-19-16/h2-9,16H,10-11H2,1H3. The molecular weight excluding hydrogens is 240 g/mol.